The van der Waals surface area contributed by atoms with Gasteiger partial charge in [0.1, 0.15) is 0 Å². The Hall–Kier alpha value is -0.810. The van der Waals surface area contributed by atoms with E-state index in [-0.39, 0.29) is 36.1 Å². The van der Waals surface area contributed by atoms with Crippen molar-refractivity contribution in [1.82, 2.24) is 16.0 Å². The number of amides is 2. The van der Waals surface area contributed by atoms with E-state index >= 15 is 0 Å². The number of hydrogen-bond acceptors (Lipinski definition) is 3. The van der Waals surface area contributed by atoms with Crippen LogP contribution in [0.25, 0.3) is 0 Å². The SMILES string of the molecule is CCCCCCCCCCCCCCCCNC(=O)C1CNCC1C(=O)NCCCCCCCCCCCCCCCC.Cl. The second-order valence-electron chi connectivity index (χ2n) is 13.6. The van der Waals surface area contributed by atoms with Gasteiger partial charge in [0.05, 0.1) is 11.8 Å². The van der Waals surface area contributed by atoms with Gasteiger partial charge in [0.2, 0.25) is 11.8 Å². The summed E-state index contributed by atoms with van der Waals surface area (Å²) in [5.41, 5.74) is 0. The van der Waals surface area contributed by atoms with Crippen LogP contribution in [0.1, 0.15) is 194 Å². The van der Waals surface area contributed by atoms with Crippen LogP contribution >= 0.6 is 12.4 Å². The van der Waals surface area contributed by atoms with Crippen LogP contribution in [0.4, 0.5) is 0 Å². The molecular weight excluding hydrogens is 566 g/mol. The third-order valence-electron chi connectivity index (χ3n) is 9.55. The van der Waals surface area contributed by atoms with Crippen LogP contribution in [-0.2, 0) is 9.59 Å². The van der Waals surface area contributed by atoms with Crippen molar-refractivity contribution < 1.29 is 9.59 Å². The van der Waals surface area contributed by atoms with Crippen LogP contribution in [0.2, 0.25) is 0 Å². The standard InChI is InChI=1S/C38H75N3O2.ClH/c1-3-5-7-9-11-13-15-17-19-21-23-25-27-29-31-40-37(42)35-33-39-34-36(35)38(43)41-32-30-28-26-24-22-20-18-16-14-12-10-8-6-4-2;/h35-36,39H,3-34H2,1-2H3,(H,40,42)(H,41,43);1H. The van der Waals surface area contributed by atoms with Crippen molar-refractivity contribution in [2.24, 2.45) is 11.8 Å². The number of unbranched alkanes of at least 4 members (excludes halogenated alkanes) is 26. The molecule has 2 unspecified atom stereocenters. The van der Waals surface area contributed by atoms with Gasteiger partial charge in [0.25, 0.3) is 0 Å². The van der Waals surface area contributed by atoms with E-state index in [4.69, 9.17) is 0 Å². The predicted octanol–water partition coefficient (Wildman–Crippen LogP) is 10.4. The van der Waals surface area contributed by atoms with Crippen LogP contribution in [0.5, 0.6) is 0 Å². The molecule has 1 fully saturated rings. The van der Waals surface area contributed by atoms with Crippen LogP contribution in [0.3, 0.4) is 0 Å². The first-order valence-corrected chi connectivity index (χ1v) is 19.5. The average Bonchev–Trinajstić information content (AvgIpc) is 3.51. The van der Waals surface area contributed by atoms with Gasteiger partial charge in [-0.3, -0.25) is 9.59 Å². The fraction of sp³-hybridized carbons (Fsp3) is 0.947. The Morgan fingerprint density at radius 2 is 0.659 bits per heavy atom. The molecule has 0 spiro atoms. The highest BCUT2D eigenvalue weighted by atomic mass is 35.5. The molecule has 1 aliphatic heterocycles. The fourth-order valence-electron chi connectivity index (χ4n) is 6.55. The summed E-state index contributed by atoms with van der Waals surface area (Å²) in [5, 5.41) is 9.50. The second kappa shape index (κ2) is 33.6. The largest absolute Gasteiger partial charge is 0.356 e. The molecule has 0 aliphatic carbocycles. The molecule has 0 aromatic heterocycles. The number of hydrogen-bond donors (Lipinski definition) is 3. The molecule has 44 heavy (non-hydrogen) atoms. The molecule has 2 atom stereocenters. The third kappa shape index (κ3) is 25.4. The quantitative estimate of drug-likeness (QED) is 0.0640. The van der Waals surface area contributed by atoms with Crippen molar-refractivity contribution in [3.8, 4) is 0 Å². The molecule has 0 aromatic carbocycles. The molecular formula is C38H76ClN3O2. The summed E-state index contributed by atoms with van der Waals surface area (Å²) < 4.78 is 0. The minimum Gasteiger partial charge on any atom is -0.356 e. The maximum Gasteiger partial charge on any atom is 0.225 e. The van der Waals surface area contributed by atoms with E-state index in [1.165, 1.54) is 167 Å². The Morgan fingerprint density at radius 1 is 0.432 bits per heavy atom. The topological polar surface area (TPSA) is 70.2 Å². The summed E-state index contributed by atoms with van der Waals surface area (Å²) in [4.78, 5) is 25.6. The van der Waals surface area contributed by atoms with Gasteiger partial charge in [-0.05, 0) is 12.8 Å². The lowest BCUT2D eigenvalue weighted by Crippen LogP contribution is -2.42. The second-order valence-corrected chi connectivity index (χ2v) is 13.6. The lowest BCUT2D eigenvalue weighted by Gasteiger charge is -2.18. The van der Waals surface area contributed by atoms with E-state index in [0.717, 1.165) is 25.9 Å². The minimum atomic E-state index is -0.233. The van der Waals surface area contributed by atoms with Crippen LogP contribution < -0.4 is 16.0 Å². The zero-order chi connectivity index (χ0) is 31.1. The van der Waals surface area contributed by atoms with Gasteiger partial charge in [-0.25, -0.2) is 0 Å². The van der Waals surface area contributed by atoms with E-state index in [1.807, 2.05) is 0 Å². The molecule has 2 amide bonds. The first kappa shape index (κ1) is 43.2. The monoisotopic (exact) mass is 642 g/mol. The van der Waals surface area contributed by atoms with Crippen molar-refractivity contribution >= 4 is 24.2 Å². The van der Waals surface area contributed by atoms with E-state index in [1.54, 1.807) is 0 Å². The van der Waals surface area contributed by atoms with Crippen molar-refractivity contribution in [3.63, 3.8) is 0 Å². The number of carbonyl (C=O) groups is 2. The van der Waals surface area contributed by atoms with Crippen molar-refractivity contribution in [2.45, 2.75) is 194 Å². The number of rotatable bonds is 32. The summed E-state index contributed by atoms with van der Waals surface area (Å²) in [6.07, 6.45) is 37.5. The Bertz CT molecular complexity index is 581. The van der Waals surface area contributed by atoms with Crippen LogP contribution in [0, 0.1) is 11.8 Å². The Labute approximate surface area is 280 Å². The first-order valence-electron chi connectivity index (χ1n) is 19.5. The number of carbonyl (C=O) groups excluding carboxylic acids is 2. The Balaban J connectivity index is 0.0000185. The van der Waals surface area contributed by atoms with Gasteiger partial charge in [0.15, 0.2) is 0 Å². The van der Waals surface area contributed by atoms with Crippen molar-refractivity contribution in [1.29, 1.82) is 0 Å². The highest BCUT2D eigenvalue weighted by Crippen LogP contribution is 2.18. The fourth-order valence-corrected chi connectivity index (χ4v) is 6.55. The molecule has 0 aromatic rings. The summed E-state index contributed by atoms with van der Waals surface area (Å²) in [6.45, 7) is 7.26. The summed E-state index contributed by atoms with van der Waals surface area (Å²) >= 11 is 0. The Morgan fingerprint density at radius 3 is 0.909 bits per heavy atom. The summed E-state index contributed by atoms with van der Waals surface area (Å²) in [6, 6.07) is 0. The molecule has 0 saturated carbocycles. The van der Waals surface area contributed by atoms with Crippen LogP contribution in [0.15, 0.2) is 0 Å². The van der Waals surface area contributed by atoms with Gasteiger partial charge in [-0.2, -0.15) is 0 Å². The van der Waals surface area contributed by atoms with Gasteiger partial charge >= 0.3 is 0 Å². The molecule has 3 N–H and O–H groups in total. The molecule has 262 valence electrons. The summed E-state index contributed by atoms with van der Waals surface area (Å²) in [5.74, 6) is -0.362. The van der Waals surface area contributed by atoms with Crippen molar-refractivity contribution in [2.75, 3.05) is 26.2 Å². The molecule has 1 aliphatic rings. The van der Waals surface area contributed by atoms with Gasteiger partial charge in [-0.1, -0.05) is 181 Å². The zero-order valence-electron chi connectivity index (χ0n) is 29.5. The molecule has 6 heteroatoms. The zero-order valence-corrected chi connectivity index (χ0v) is 30.3. The summed E-state index contributed by atoms with van der Waals surface area (Å²) in [7, 11) is 0. The molecule has 1 heterocycles. The van der Waals surface area contributed by atoms with Gasteiger partial charge in [-0.15, -0.1) is 12.4 Å². The normalized spacial score (nSPS) is 16.1. The molecule has 5 nitrogen and oxygen atoms in total. The van der Waals surface area contributed by atoms with Crippen LogP contribution in [-0.4, -0.2) is 38.0 Å². The lowest BCUT2D eigenvalue weighted by molar-refractivity contribution is -0.132. The molecule has 1 rings (SSSR count). The van der Waals surface area contributed by atoms with Gasteiger partial charge in [0, 0.05) is 26.2 Å². The smallest absolute Gasteiger partial charge is 0.225 e. The van der Waals surface area contributed by atoms with E-state index < -0.39 is 0 Å². The maximum atomic E-state index is 12.8. The first-order chi connectivity index (χ1) is 21.2. The highest BCUT2D eigenvalue weighted by molar-refractivity contribution is 5.88. The van der Waals surface area contributed by atoms with Crippen molar-refractivity contribution in [3.05, 3.63) is 0 Å². The average molecular weight is 642 g/mol. The predicted molar refractivity (Wildman–Crippen MR) is 194 cm³/mol. The minimum absolute atomic E-state index is 0. The molecule has 1 saturated heterocycles. The molecule has 0 bridgehead atoms. The van der Waals surface area contributed by atoms with E-state index in [2.05, 4.69) is 29.8 Å². The van der Waals surface area contributed by atoms with E-state index in [9.17, 15) is 9.59 Å². The maximum absolute atomic E-state index is 12.8. The van der Waals surface area contributed by atoms with Gasteiger partial charge < -0.3 is 16.0 Å². The van der Waals surface area contributed by atoms with E-state index in [0.29, 0.717) is 13.1 Å². The lowest BCUT2D eigenvalue weighted by atomic mass is 9.94. The number of nitrogens with one attached hydrogen (secondary N) is 3. The third-order valence-corrected chi connectivity index (χ3v) is 9.55. The number of halogens is 1. The Kier molecular flexibility index (Phi) is 32.9. The molecule has 0 radical (unpaired) electrons. The highest BCUT2D eigenvalue weighted by Gasteiger charge is 2.37.